The van der Waals surface area contributed by atoms with Crippen LogP contribution in [-0.2, 0) is 14.9 Å². The summed E-state index contributed by atoms with van der Waals surface area (Å²) in [5.74, 6) is 0. The predicted octanol–water partition coefficient (Wildman–Crippen LogP) is 1.18. The van der Waals surface area contributed by atoms with Crippen molar-refractivity contribution in [3.63, 3.8) is 0 Å². The van der Waals surface area contributed by atoms with Crippen LogP contribution in [0.5, 0.6) is 0 Å². The van der Waals surface area contributed by atoms with Crippen LogP contribution < -0.4 is 5.32 Å². The number of rotatable bonds is 4. The van der Waals surface area contributed by atoms with Gasteiger partial charge in [-0.2, -0.15) is 8.78 Å². The summed E-state index contributed by atoms with van der Waals surface area (Å²) in [6.07, 6.45) is 3.23. The second-order valence-corrected chi connectivity index (χ2v) is 5.65. The summed E-state index contributed by atoms with van der Waals surface area (Å²) in [4.78, 5) is 11.1. The Morgan fingerprint density at radius 1 is 1.33 bits per heavy atom. The Balaban J connectivity index is 2.37. The predicted molar refractivity (Wildman–Crippen MR) is 56.0 cm³/mol. The third kappa shape index (κ3) is 4.37. The van der Waals surface area contributed by atoms with Gasteiger partial charge >= 0.3 is 11.3 Å². The first-order valence-corrected chi connectivity index (χ1v) is 6.90. The van der Waals surface area contributed by atoms with E-state index in [2.05, 4.69) is 10.1 Å². The molecule has 0 aliphatic heterocycles. The summed E-state index contributed by atoms with van der Waals surface area (Å²) in [5, 5.41) is -2.25. The smallest absolute Gasteiger partial charge is 0.407 e. The zero-order valence-corrected chi connectivity index (χ0v) is 10.3. The summed E-state index contributed by atoms with van der Waals surface area (Å²) in [5.41, 5.74) is 0. The van der Waals surface area contributed by atoms with E-state index in [1.165, 1.54) is 0 Å². The minimum absolute atomic E-state index is 0.149. The summed E-state index contributed by atoms with van der Waals surface area (Å²) in [7, 11) is -5.82. The summed E-state index contributed by atoms with van der Waals surface area (Å²) < 4.78 is 59.8. The fraction of sp³-hybridized carbons (Fsp3) is 0.889. The van der Waals surface area contributed by atoms with Crippen LogP contribution in [0.4, 0.5) is 13.6 Å². The maximum absolute atomic E-state index is 12.7. The monoisotopic (exact) mass is 286 g/mol. The molecule has 0 saturated heterocycles. The van der Waals surface area contributed by atoms with E-state index in [0.29, 0.717) is 0 Å². The van der Waals surface area contributed by atoms with E-state index in [1.807, 2.05) is 0 Å². The molecule has 0 atom stereocenters. The quantitative estimate of drug-likeness (QED) is 0.783. The van der Waals surface area contributed by atoms with E-state index < -0.39 is 28.1 Å². The van der Waals surface area contributed by atoms with Crippen LogP contribution in [0.25, 0.3) is 0 Å². The highest BCUT2D eigenvalue weighted by Crippen LogP contribution is 2.21. The average Bonchev–Trinajstić information content (AvgIpc) is 2.26. The molecule has 1 amide bonds. The van der Waals surface area contributed by atoms with Crippen LogP contribution >= 0.6 is 0 Å². The normalized spacial score (nSPS) is 18.4. The van der Waals surface area contributed by atoms with Crippen LogP contribution in [0.3, 0.4) is 0 Å². The van der Waals surface area contributed by atoms with E-state index in [0.717, 1.165) is 32.1 Å². The third-order valence-electron chi connectivity index (χ3n) is 2.66. The zero-order valence-electron chi connectivity index (χ0n) is 9.53. The SMILES string of the molecule is O=C(NC1CCCCC1)OCC(F)(F)S(=O)(=O)[O-]. The first kappa shape index (κ1) is 15.1. The molecule has 0 aromatic heterocycles. The van der Waals surface area contributed by atoms with Gasteiger partial charge in [0, 0.05) is 6.04 Å². The van der Waals surface area contributed by atoms with Gasteiger partial charge in [-0.3, -0.25) is 0 Å². The molecule has 1 aliphatic rings. The van der Waals surface area contributed by atoms with Crippen molar-refractivity contribution < 1.29 is 31.3 Å². The van der Waals surface area contributed by atoms with Gasteiger partial charge in [-0.1, -0.05) is 19.3 Å². The minimum Gasteiger partial charge on any atom is -0.743 e. The summed E-state index contributed by atoms with van der Waals surface area (Å²) in [6.45, 7) is -1.77. The van der Waals surface area contributed by atoms with Crippen molar-refractivity contribution in [3.05, 3.63) is 0 Å². The lowest BCUT2D eigenvalue weighted by molar-refractivity contribution is 0.00564. The number of amides is 1. The lowest BCUT2D eigenvalue weighted by Gasteiger charge is -2.23. The van der Waals surface area contributed by atoms with Crippen LogP contribution in [0.1, 0.15) is 32.1 Å². The molecule has 9 heteroatoms. The number of halogens is 2. The Morgan fingerprint density at radius 2 is 1.89 bits per heavy atom. The van der Waals surface area contributed by atoms with Crippen molar-refractivity contribution in [1.29, 1.82) is 0 Å². The number of hydrogen-bond donors (Lipinski definition) is 1. The topological polar surface area (TPSA) is 95.5 Å². The van der Waals surface area contributed by atoms with Gasteiger partial charge in [0.2, 0.25) is 0 Å². The Hall–Kier alpha value is -0.960. The van der Waals surface area contributed by atoms with Crippen LogP contribution in [0.2, 0.25) is 0 Å². The molecule has 1 saturated carbocycles. The molecule has 106 valence electrons. The summed E-state index contributed by atoms with van der Waals surface area (Å²) in [6, 6.07) is -0.149. The molecule has 1 rings (SSSR count). The van der Waals surface area contributed by atoms with E-state index in [1.54, 1.807) is 0 Å². The maximum Gasteiger partial charge on any atom is 0.407 e. The van der Waals surface area contributed by atoms with Crippen molar-refractivity contribution >= 4 is 16.2 Å². The Morgan fingerprint density at radius 3 is 2.39 bits per heavy atom. The van der Waals surface area contributed by atoms with Gasteiger partial charge in [-0.25, -0.2) is 13.2 Å². The van der Waals surface area contributed by atoms with Crippen LogP contribution in [0.15, 0.2) is 0 Å². The fourth-order valence-corrected chi connectivity index (χ4v) is 1.88. The zero-order chi connectivity index (χ0) is 13.8. The van der Waals surface area contributed by atoms with Crippen molar-refractivity contribution in [2.45, 2.75) is 43.4 Å². The van der Waals surface area contributed by atoms with Crippen LogP contribution in [-0.4, -0.2) is 37.0 Å². The van der Waals surface area contributed by atoms with Gasteiger partial charge in [0.1, 0.15) is 0 Å². The Kier molecular flexibility index (Phi) is 4.85. The average molecular weight is 286 g/mol. The number of carbonyl (C=O) groups excluding carboxylic acids is 1. The molecule has 0 spiro atoms. The number of nitrogens with one attached hydrogen (secondary N) is 1. The third-order valence-corrected chi connectivity index (χ3v) is 3.51. The van der Waals surface area contributed by atoms with Crippen molar-refractivity contribution in [1.82, 2.24) is 5.32 Å². The molecule has 6 nitrogen and oxygen atoms in total. The fourth-order valence-electron chi connectivity index (χ4n) is 1.68. The van der Waals surface area contributed by atoms with Gasteiger partial charge in [-0.05, 0) is 12.8 Å². The molecule has 0 unspecified atom stereocenters. The minimum atomic E-state index is -5.82. The standard InChI is InChI=1S/C9H15F2NO5S/c10-9(11,18(14,15)16)6-17-8(13)12-7-4-2-1-3-5-7/h7H,1-6H2,(H,12,13)(H,14,15,16)/p-1. The van der Waals surface area contributed by atoms with Crippen molar-refractivity contribution in [2.24, 2.45) is 0 Å². The Bertz CT molecular complexity index is 392. The lowest BCUT2D eigenvalue weighted by atomic mass is 9.96. The van der Waals surface area contributed by atoms with E-state index >= 15 is 0 Å². The van der Waals surface area contributed by atoms with E-state index in [9.17, 15) is 26.5 Å². The van der Waals surface area contributed by atoms with Crippen molar-refractivity contribution in [2.75, 3.05) is 6.61 Å². The van der Waals surface area contributed by atoms with Crippen LogP contribution in [0, 0.1) is 0 Å². The molecule has 1 aliphatic carbocycles. The second-order valence-electron chi connectivity index (χ2n) is 4.15. The van der Waals surface area contributed by atoms with Gasteiger partial charge in [0.25, 0.3) is 0 Å². The summed E-state index contributed by atoms with van der Waals surface area (Å²) >= 11 is 0. The molecule has 1 N–H and O–H groups in total. The van der Waals surface area contributed by atoms with E-state index in [-0.39, 0.29) is 6.04 Å². The number of alkyl carbamates (subject to hydrolysis) is 1. The first-order chi connectivity index (χ1) is 8.22. The largest absolute Gasteiger partial charge is 0.743 e. The highest BCUT2D eigenvalue weighted by molar-refractivity contribution is 7.86. The number of hydrogen-bond acceptors (Lipinski definition) is 5. The second kappa shape index (κ2) is 5.79. The Labute approximate surface area is 103 Å². The molecule has 0 bridgehead atoms. The highest BCUT2D eigenvalue weighted by Gasteiger charge is 2.39. The molecule has 18 heavy (non-hydrogen) atoms. The number of alkyl halides is 2. The molecular weight excluding hydrogens is 272 g/mol. The van der Waals surface area contributed by atoms with Gasteiger partial charge < -0.3 is 14.6 Å². The molecule has 0 aromatic rings. The molecule has 1 fully saturated rings. The van der Waals surface area contributed by atoms with Crippen molar-refractivity contribution in [3.8, 4) is 0 Å². The van der Waals surface area contributed by atoms with E-state index in [4.69, 9.17) is 0 Å². The molecule has 0 aromatic carbocycles. The first-order valence-electron chi connectivity index (χ1n) is 5.49. The molecule has 0 radical (unpaired) electrons. The lowest BCUT2D eigenvalue weighted by Crippen LogP contribution is -2.40. The van der Waals surface area contributed by atoms with Gasteiger partial charge in [0.05, 0.1) is 0 Å². The highest BCUT2D eigenvalue weighted by atomic mass is 32.2. The maximum atomic E-state index is 12.7. The van der Waals surface area contributed by atoms with Gasteiger partial charge in [0.15, 0.2) is 16.7 Å². The molecular formula is C9H14F2NO5S-. The number of ether oxygens (including phenoxy) is 1. The van der Waals surface area contributed by atoms with Gasteiger partial charge in [-0.15, -0.1) is 0 Å². The number of carbonyl (C=O) groups is 1. The molecule has 0 heterocycles.